The lowest BCUT2D eigenvalue weighted by Gasteiger charge is -2.20. The second kappa shape index (κ2) is 4.65. The summed E-state index contributed by atoms with van der Waals surface area (Å²) in [5.41, 5.74) is 1.18. The molecule has 0 saturated heterocycles. The Bertz CT molecular complexity index is 216. The summed E-state index contributed by atoms with van der Waals surface area (Å²) in [7, 11) is 0. The molecule has 0 aromatic carbocycles. The zero-order valence-electron chi connectivity index (χ0n) is 7.47. The van der Waals surface area contributed by atoms with E-state index in [4.69, 9.17) is 4.74 Å². The molecule has 12 heavy (non-hydrogen) atoms. The molecule has 1 heterocycles. The van der Waals surface area contributed by atoms with Gasteiger partial charge in [-0.3, -0.25) is 0 Å². The van der Waals surface area contributed by atoms with Gasteiger partial charge in [-0.2, -0.15) is 0 Å². The van der Waals surface area contributed by atoms with Crippen LogP contribution >= 0.6 is 0 Å². The minimum atomic E-state index is 0.750. The van der Waals surface area contributed by atoms with Gasteiger partial charge < -0.3 is 10.1 Å². The van der Waals surface area contributed by atoms with Gasteiger partial charge in [0.25, 0.3) is 0 Å². The van der Waals surface area contributed by atoms with Gasteiger partial charge in [0.15, 0.2) is 0 Å². The highest BCUT2D eigenvalue weighted by Gasteiger charge is 2.07. The zero-order valence-corrected chi connectivity index (χ0v) is 7.47. The van der Waals surface area contributed by atoms with Crippen molar-refractivity contribution in [3.05, 3.63) is 36.3 Å². The van der Waals surface area contributed by atoms with Crippen LogP contribution in [0.4, 0.5) is 0 Å². The number of allylic oxidation sites excluding steroid dienone is 4. The number of nitrogens with one attached hydrogen (secondary N) is 1. The first-order valence-corrected chi connectivity index (χ1v) is 4.27. The normalized spacial score (nSPS) is 17.4. The van der Waals surface area contributed by atoms with Crippen LogP contribution in [0.5, 0.6) is 0 Å². The van der Waals surface area contributed by atoms with Crippen LogP contribution in [-0.4, -0.2) is 13.2 Å². The van der Waals surface area contributed by atoms with E-state index in [1.807, 2.05) is 12.2 Å². The second-order valence-corrected chi connectivity index (χ2v) is 2.57. The fourth-order valence-corrected chi connectivity index (χ4v) is 1.14. The van der Waals surface area contributed by atoms with Crippen molar-refractivity contribution in [2.75, 3.05) is 13.2 Å². The van der Waals surface area contributed by atoms with E-state index in [-0.39, 0.29) is 0 Å². The van der Waals surface area contributed by atoms with Crippen LogP contribution in [0, 0.1) is 0 Å². The number of hydrogen-bond acceptors (Lipinski definition) is 2. The number of rotatable bonds is 3. The standard InChI is InChI=1S/C10H15NO/c1-3-5-6-10-9(4-2)11-7-8-12-10/h3,5-6,11H,1,4,7-8H2,2H3/b6-5-. The Labute approximate surface area is 73.6 Å². The molecule has 0 radical (unpaired) electrons. The highest BCUT2D eigenvalue weighted by Crippen LogP contribution is 2.12. The van der Waals surface area contributed by atoms with Gasteiger partial charge in [0.05, 0.1) is 5.70 Å². The number of hydrogen-bond donors (Lipinski definition) is 1. The van der Waals surface area contributed by atoms with E-state index in [2.05, 4.69) is 18.8 Å². The first kappa shape index (κ1) is 8.91. The van der Waals surface area contributed by atoms with Crippen molar-refractivity contribution >= 4 is 0 Å². The lowest BCUT2D eigenvalue weighted by Crippen LogP contribution is -2.25. The minimum Gasteiger partial charge on any atom is -0.490 e. The maximum atomic E-state index is 5.47. The molecule has 0 aromatic rings. The summed E-state index contributed by atoms with van der Waals surface area (Å²) in [4.78, 5) is 0. The molecule has 0 aliphatic carbocycles. The zero-order chi connectivity index (χ0) is 8.81. The molecule has 0 aromatic heterocycles. The van der Waals surface area contributed by atoms with Crippen LogP contribution in [0.2, 0.25) is 0 Å². The van der Waals surface area contributed by atoms with Crippen LogP contribution in [0.3, 0.4) is 0 Å². The molecule has 2 nitrogen and oxygen atoms in total. The SMILES string of the molecule is C=C/C=C\C1=C(CC)NCCO1. The molecule has 0 spiro atoms. The third-order valence-corrected chi connectivity index (χ3v) is 1.73. The number of ether oxygens (including phenoxy) is 1. The lowest BCUT2D eigenvalue weighted by atomic mass is 10.2. The quantitative estimate of drug-likeness (QED) is 0.645. The van der Waals surface area contributed by atoms with Gasteiger partial charge in [0.1, 0.15) is 12.4 Å². The molecule has 0 bridgehead atoms. The summed E-state index contributed by atoms with van der Waals surface area (Å²) in [5, 5.41) is 3.30. The smallest absolute Gasteiger partial charge is 0.138 e. The Hall–Kier alpha value is -1.18. The summed E-state index contributed by atoms with van der Waals surface area (Å²) < 4.78 is 5.47. The van der Waals surface area contributed by atoms with E-state index in [9.17, 15) is 0 Å². The van der Waals surface area contributed by atoms with Crippen molar-refractivity contribution in [1.29, 1.82) is 0 Å². The largest absolute Gasteiger partial charge is 0.490 e. The highest BCUT2D eigenvalue weighted by molar-refractivity contribution is 5.22. The second-order valence-electron chi connectivity index (χ2n) is 2.57. The minimum absolute atomic E-state index is 0.750. The van der Waals surface area contributed by atoms with Crippen molar-refractivity contribution in [2.45, 2.75) is 13.3 Å². The first-order valence-electron chi connectivity index (χ1n) is 4.27. The summed E-state index contributed by atoms with van der Waals surface area (Å²) in [6.07, 6.45) is 6.56. The molecule has 1 N–H and O–H groups in total. The van der Waals surface area contributed by atoms with Gasteiger partial charge in [-0.05, 0) is 12.5 Å². The predicted octanol–water partition coefficient (Wildman–Crippen LogP) is 1.97. The Morgan fingerprint density at radius 3 is 3.17 bits per heavy atom. The predicted molar refractivity (Wildman–Crippen MR) is 50.6 cm³/mol. The summed E-state index contributed by atoms with van der Waals surface area (Å²) in [6.45, 7) is 7.38. The van der Waals surface area contributed by atoms with Gasteiger partial charge in [-0.25, -0.2) is 0 Å². The average Bonchev–Trinajstić information content (AvgIpc) is 2.15. The third-order valence-electron chi connectivity index (χ3n) is 1.73. The van der Waals surface area contributed by atoms with Crippen molar-refractivity contribution in [2.24, 2.45) is 0 Å². The molecule has 0 unspecified atom stereocenters. The van der Waals surface area contributed by atoms with Crippen molar-refractivity contribution in [3.8, 4) is 0 Å². The first-order chi connectivity index (χ1) is 5.88. The highest BCUT2D eigenvalue weighted by atomic mass is 16.5. The Morgan fingerprint density at radius 1 is 1.67 bits per heavy atom. The van der Waals surface area contributed by atoms with Crippen LogP contribution in [0.25, 0.3) is 0 Å². The van der Waals surface area contributed by atoms with Crippen molar-refractivity contribution in [1.82, 2.24) is 5.32 Å². The van der Waals surface area contributed by atoms with Crippen LogP contribution in [0.15, 0.2) is 36.3 Å². The van der Waals surface area contributed by atoms with Crippen LogP contribution in [-0.2, 0) is 4.74 Å². The fourth-order valence-electron chi connectivity index (χ4n) is 1.14. The van der Waals surface area contributed by atoms with E-state index in [1.54, 1.807) is 6.08 Å². The topological polar surface area (TPSA) is 21.3 Å². The molecule has 2 heteroatoms. The summed E-state index contributed by atoms with van der Waals surface area (Å²) in [5.74, 6) is 0.948. The van der Waals surface area contributed by atoms with E-state index >= 15 is 0 Å². The Balaban J connectivity index is 2.72. The maximum absolute atomic E-state index is 5.47. The van der Waals surface area contributed by atoms with Crippen LogP contribution in [0.1, 0.15) is 13.3 Å². The van der Waals surface area contributed by atoms with Gasteiger partial charge in [-0.15, -0.1) is 0 Å². The van der Waals surface area contributed by atoms with Crippen molar-refractivity contribution < 1.29 is 4.74 Å². The Kier molecular flexibility index (Phi) is 3.45. The molecule has 1 aliphatic heterocycles. The third kappa shape index (κ3) is 2.16. The van der Waals surface area contributed by atoms with E-state index in [1.165, 1.54) is 5.70 Å². The molecule has 1 aliphatic rings. The Morgan fingerprint density at radius 2 is 2.50 bits per heavy atom. The molecular weight excluding hydrogens is 150 g/mol. The lowest BCUT2D eigenvalue weighted by molar-refractivity contribution is 0.202. The van der Waals surface area contributed by atoms with Gasteiger partial charge in [-0.1, -0.05) is 25.7 Å². The molecule has 0 amide bonds. The molecular formula is C10H15NO. The summed E-state index contributed by atoms with van der Waals surface area (Å²) in [6, 6.07) is 0. The van der Waals surface area contributed by atoms with Gasteiger partial charge in [0, 0.05) is 6.54 Å². The van der Waals surface area contributed by atoms with Gasteiger partial charge >= 0.3 is 0 Å². The molecule has 1 rings (SSSR count). The maximum Gasteiger partial charge on any atom is 0.138 e. The van der Waals surface area contributed by atoms with Crippen LogP contribution < -0.4 is 5.32 Å². The molecule has 0 fully saturated rings. The van der Waals surface area contributed by atoms with E-state index < -0.39 is 0 Å². The van der Waals surface area contributed by atoms with E-state index in [0.29, 0.717) is 0 Å². The average molecular weight is 165 g/mol. The van der Waals surface area contributed by atoms with Gasteiger partial charge in [0.2, 0.25) is 0 Å². The molecule has 0 saturated carbocycles. The monoisotopic (exact) mass is 165 g/mol. The summed E-state index contributed by atoms with van der Waals surface area (Å²) >= 11 is 0. The fraction of sp³-hybridized carbons (Fsp3) is 0.400. The van der Waals surface area contributed by atoms with E-state index in [0.717, 1.165) is 25.3 Å². The molecule has 0 atom stereocenters. The molecule has 66 valence electrons. The van der Waals surface area contributed by atoms with Crippen molar-refractivity contribution in [3.63, 3.8) is 0 Å².